The van der Waals surface area contributed by atoms with Gasteiger partial charge in [-0.15, -0.1) is 0 Å². The van der Waals surface area contributed by atoms with Crippen molar-refractivity contribution in [2.24, 2.45) is 5.92 Å². The molecule has 6 nitrogen and oxygen atoms in total. The number of likely N-dealkylation sites (tertiary alicyclic amines) is 1. The third-order valence-electron chi connectivity index (χ3n) is 4.05. The molecule has 0 bridgehead atoms. The minimum Gasteiger partial charge on any atom is -0.481 e. The van der Waals surface area contributed by atoms with Crippen LogP contribution in [0.1, 0.15) is 38.3 Å². The zero-order valence-electron chi connectivity index (χ0n) is 13.4. The van der Waals surface area contributed by atoms with E-state index in [1.54, 1.807) is 29.2 Å². The molecule has 1 aromatic rings. The van der Waals surface area contributed by atoms with Crippen molar-refractivity contribution in [3.05, 3.63) is 35.9 Å². The number of carboxylic acids is 1. The maximum absolute atomic E-state index is 12.4. The summed E-state index contributed by atoms with van der Waals surface area (Å²) >= 11 is 0. The van der Waals surface area contributed by atoms with E-state index in [1.165, 1.54) is 0 Å². The van der Waals surface area contributed by atoms with E-state index in [4.69, 9.17) is 5.11 Å². The average Bonchev–Trinajstić information content (AvgIpc) is 2.89. The molecule has 0 radical (unpaired) electrons. The number of amides is 2. The second kappa shape index (κ2) is 7.26. The first-order valence-electron chi connectivity index (χ1n) is 7.75. The van der Waals surface area contributed by atoms with E-state index in [0.717, 1.165) is 5.56 Å². The zero-order valence-corrected chi connectivity index (χ0v) is 13.4. The van der Waals surface area contributed by atoms with Crippen molar-refractivity contribution < 1.29 is 19.5 Å². The number of hydrogen-bond donors (Lipinski definition) is 2. The molecule has 124 valence electrons. The molecule has 23 heavy (non-hydrogen) atoms. The van der Waals surface area contributed by atoms with Crippen molar-refractivity contribution in [3.8, 4) is 0 Å². The van der Waals surface area contributed by atoms with Crippen LogP contribution >= 0.6 is 0 Å². The normalized spacial score (nSPS) is 19.0. The van der Waals surface area contributed by atoms with Crippen LogP contribution in [-0.2, 0) is 14.4 Å². The Kier molecular flexibility index (Phi) is 5.36. The van der Waals surface area contributed by atoms with Gasteiger partial charge in [-0.05, 0) is 19.4 Å². The minimum atomic E-state index is -0.981. The van der Waals surface area contributed by atoms with Gasteiger partial charge in [0.1, 0.15) is 0 Å². The van der Waals surface area contributed by atoms with Gasteiger partial charge < -0.3 is 15.3 Å². The summed E-state index contributed by atoms with van der Waals surface area (Å²) < 4.78 is 0. The van der Waals surface area contributed by atoms with E-state index in [2.05, 4.69) is 5.32 Å². The van der Waals surface area contributed by atoms with Crippen molar-refractivity contribution >= 4 is 17.8 Å². The summed E-state index contributed by atoms with van der Waals surface area (Å²) in [5, 5.41) is 11.9. The Bertz CT molecular complexity index is 586. The predicted molar refractivity (Wildman–Crippen MR) is 84.5 cm³/mol. The first-order chi connectivity index (χ1) is 10.9. The number of aliphatic carboxylic acids is 1. The molecule has 0 unspecified atom stereocenters. The van der Waals surface area contributed by atoms with Crippen LogP contribution in [0.2, 0.25) is 0 Å². The topological polar surface area (TPSA) is 86.7 Å². The summed E-state index contributed by atoms with van der Waals surface area (Å²) in [5.74, 6) is -1.71. The number of nitrogens with one attached hydrogen (secondary N) is 1. The maximum Gasteiger partial charge on any atom is 0.305 e. The van der Waals surface area contributed by atoms with Gasteiger partial charge in [0.25, 0.3) is 0 Å². The molecule has 1 aliphatic heterocycles. The monoisotopic (exact) mass is 318 g/mol. The highest BCUT2D eigenvalue weighted by molar-refractivity contribution is 5.89. The van der Waals surface area contributed by atoms with Crippen LogP contribution in [-0.4, -0.2) is 40.4 Å². The molecule has 1 fully saturated rings. The molecular weight excluding hydrogens is 296 g/mol. The summed E-state index contributed by atoms with van der Waals surface area (Å²) in [6, 6.07) is 8.47. The Morgan fingerprint density at radius 3 is 2.48 bits per heavy atom. The van der Waals surface area contributed by atoms with Gasteiger partial charge in [-0.1, -0.05) is 30.3 Å². The number of hydrogen-bond acceptors (Lipinski definition) is 3. The number of benzene rings is 1. The molecule has 2 amide bonds. The minimum absolute atomic E-state index is 0.0327. The number of carbonyl (C=O) groups excluding carboxylic acids is 2. The van der Waals surface area contributed by atoms with Crippen molar-refractivity contribution in [1.29, 1.82) is 0 Å². The second-order valence-electron chi connectivity index (χ2n) is 6.11. The molecule has 1 saturated heterocycles. The summed E-state index contributed by atoms with van der Waals surface area (Å²) in [5.41, 5.74) is 0.744. The van der Waals surface area contributed by atoms with Gasteiger partial charge in [0, 0.05) is 19.0 Å². The molecule has 0 spiro atoms. The van der Waals surface area contributed by atoms with Gasteiger partial charge in [0.15, 0.2) is 0 Å². The second-order valence-corrected chi connectivity index (χ2v) is 6.11. The fourth-order valence-corrected chi connectivity index (χ4v) is 2.81. The molecule has 1 heterocycles. The van der Waals surface area contributed by atoms with Gasteiger partial charge in [0.05, 0.1) is 18.4 Å². The maximum atomic E-state index is 12.4. The molecule has 0 aliphatic carbocycles. The summed E-state index contributed by atoms with van der Waals surface area (Å²) in [7, 11) is 0. The predicted octanol–water partition coefficient (Wildman–Crippen LogP) is 1.58. The van der Waals surface area contributed by atoms with Crippen LogP contribution in [0.15, 0.2) is 30.3 Å². The largest absolute Gasteiger partial charge is 0.481 e. The standard InChI is InChI=1S/C17H22N2O4/c1-11(2)19-10-13(8-15(19)20)17(23)18-14(9-16(21)22)12-6-4-3-5-7-12/h3-7,11,13-14H,8-10H2,1-2H3,(H,18,23)(H,21,22)/t13-,14+/m1/s1. The number of carboxylic acid groups (broad SMARTS) is 1. The van der Waals surface area contributed by atoms with Crippen LogP contribution in [0, 0.1) is 5.92 Å². The molecule has 2 atom stereocenters. The quantitative estimate of drug-likeness (QED) is 0.833. The van der Waals surface area contributed by atoms with E-state index >= 15 is 0 Å². The number of carbonyl (C=O) groups is 3. The first-order valence-corrected chi connectivity index (χ1v) is 7.75. The van der Waals surface area contributed by atoms with Crippen molar-refractivity contribution in [1.82, 2.24) is 10.2 Å². The summed E-state index contributed by atoms with van der Waals surface area (Å²) in [6.45, 7) is 4.21. The van der Waals surface area contributed by atoms with Crippen molar-refractivity contribution in [3.63, 3.8) is 0 Å². The lowest BCUT2D eigenvalue weighted by Crippen LogP contribution is -2.37. The third kappa shape index (κ3) is 4.31. The fraction of sp³-hybridized carbons (Fsp3) is 0.471. The van der Waals surface area contributed by atoms with E-state index in [1.807, 2.05) is 19.9 Å². The first kappa shape index (κ1) is 17.0. The molecule has 2 N–H and O–H groups in total. The molecule has 2 rings (SSSR count). The molecular formula is C17H22N2O4. The number of nitrogens with zero attached hydrogens (tertiary/aromatic N) is 1. The smallest absolute Gasteiger partial charge is 0.305 e. The van der Waals surface area contributed by atoms with Crippen molar-refractivity contribution in [2.75, 3.05) is 6.54 Å². The van der Waals surface area contributed by atoms with Crippen LogP contribution < -0.4 is 5.32 Å². The van der Waals surface area contributed by atoms with Gasteiger partial charge in [0.2, 0.25) is 11.8 Å². The Morgan fingerprint density at radius 1 is 1.30 bits per heavy atom. The van der Waals surface area contributed by atoms with Crippen LogP contribution in [0.25, 0.3) is 0 Å². The van der Waals surface area contributed by atoms with Gasteiger partial charge in [-0.2, -0.15) is 0 Å². The van der Waals surface area contributed by atoms with Gasteiger partial charge in [-0.3, -0.25) is 14.4 Å². The SMILES string of the molecule is CC(C)N1C[C@H](C(=O)N[C@@H](CC(=O)O)c2ccccc2)CC1=O. The molecule has 1 aliphatic rings. The molecule has 6 heteroatoms. The van der Waals surface area contributed by atoms with Gasteiger partial charge >= 0.3 is 5.97 Å². The zero-order chi connectivity index (χ0) is 17.0. The Balaban J connectivity index is 2.06. The van der Waals surface area contributed by atoms with E-state index in [0.29, 0.717) is 6.54 Å². The molecule has 0 saturated carbocycles. The Labute approximate surface area is 135 Å². The summed E-state index contributed by atoms with van der Waals surface area (Å²) in [6.07, 6.45) is -0.0110. The lowest BCUT2D eigenvalue weighted by molar-refractivity contribution is -0.138. The average molecular weight is 318 g/mol. The van der Waals surface area contributed by atoms with E-state index < -0.39 is 17.9 Å². The van der Waals surface area contributed by atoms with Crippen LogP contribution in [0.4, 0.5) is 0 Å². The van der Waals surface area contributed by atoms with E-state index in [9.17, 15) is 14.4 Å². The van der Waals surface area contributed by atoms with E-state index in [-0.39, 0.29) is 30.7 Å². The lowest BCUT2D eigenvalue weighted by atomic mass is 10.0. The number of rotatable bonds is 6. The van der Waals surface area contributed by atoms with Crippen LogP contribution in [0.5, 0.6) is 0 Å². The fourth-order valence-electron chi connectivity index (χ4n) is 2.81. The summed E-state index contributed by atoms with van der Waals surface area (Å²) in [4.78, 5) is 37.1. The van der Waals surface area contributed by atoms with Gasteiger partial charge in [-0.25, -0.2) is 0 Å². The lowest BCUT2D eigenvalue weighted by Gasteiger charge is -2.22. The highest BCUT2D eigenvalue weighted by atomic mass is 16.4. The van der Waals surface area contributed by atoms with Crippen molar-refractivity contribution in [2.45, 2.75) is 38.8 Å². The third-order valence-corrected chi connectivity index (χ3v) is 4.05. The molecule has 1 aromatic carbocycles. The highest BCUT2D eigenvalue weighted by Gasteiger charge is 2.36. The molecule has 0 aromatic heterocycles. The Hall–Kier alpha value is -2.37. The Morgan fingerprint density at radius 2 is 1.96 bits per heavy atom. The van der Waals surface area contributed by atoms with Crippen LogP contribution in [0.3, 0.4) is 0 Å². The highest BCUT2D eigenvalue weighted by Crippen LogP contribution is 2.23.